The summed E-state index contributed by atoms with van der Waals surface area (Å²) in [6.07, 6.45) is 1.29. The molecule has 0 N–H and O–H groups in total. The van der Waals surface area contributed by atoms with Gasteiger partial charge in [0, 0.05) is 18.5 Å². The second-order valence-corrected chi connectivity index (χ2v) is 4.84. The van der Waals surface area contributed by atoms with Crippen LogP contribution < -0.4 is 4.90 Å². The van der Waals surface area contributed by atoms with E-state index in [4.69, 9.17) is 5.26 Å². The predicted octanol–water partition coefficient (Wildman–Crippen LogP) is 3.13. The van der Waals surface area contributed by atoms with Crippen LogP contribution in [0.2, 0.25) is 0 Å². The highest BCUT2D eigenvalue weighted by Gasteiger charge is 2.23. The molecular weight excluding hydrogens is 268 g/mol. The second kappa shape index (κ2) is 6.18. The first-order valence-electron chi connectivity index (χ1n) is 6.75. The summed E-state index contributed by atoms with van der Waals surface area (Å²) in [7, 11) is 0. The Hall–Kier alpha value is -2.68. The number of nitrogens with zero attached hydrogens (tertiary/aromatic N) is 4. The third-order valence-electron chi connectivity index (χ3n) is 3.34. The lowest BCUT2D eigenvalue weighted by Gasteiger charge is -2.25. The lowest BCUT2D eigenvalue weighted by molar-refractivity contribution is -0.384. The molecule has 2 aromatic rings. The molecular formula is C15H16N4O2. The van der Waals surface area contributed by atoms with Crippen molar-refractivity contribution in [2.45, 2.75) is 13.8 Å². The zero-order valence-corrected chi connectivity index (χ0v) is 12.0. The molecule has 0 aliphatic heterocycles. The molecule has 6 heteroatoms. The Morgan fingerprint density at radius 1 is 1.48 bits per heavy atom. The Kier molecular flexibility index (Phi) is 4.33. The maximum Gasteiger partial charge on any atom is 0.311 e. The van der Waals surface area contributed by atoms with Crippen LogP contribution in [0, 0.1) is 27.4 Å². The van der Waals surface area contributed by atoms with Gasteiger partial charge in [0.05, 0.1) is 22.4 Å². The molecule has 0 fully saturated rings. The van der Waals surface area contributed by atoms with Crippen molar-refractivity contribution >= 4 is 22.3 Å². The zero-order valence-electron chi connectivity index (χ0n) is 12.0. The van der Waals surface area contributed by atoms with Crippen LogP contribution in [0.3, 0.4) is 0 Å². The minimum absolute atomic E-state index is 0.0271. The molecule has 1 atom stereocenters. The maximum atomic E-state index is 11.3. The van der Waals surface area contributed by atoms with Crippen LogP contribution in [0.15, 0.2) is 30.5 Å². The smallest absolute Gasteiger partial charge is 0.311 e. The molecule has 0 radical (unpaired) electrons. The first kappa shape index (κ1) is 14.7. The summed E-state index contributed by atoms with van der Waals surface area (Å²) in [5.74, 6) is -0.212. The van der Waals surface area contributed by atoms with E-state index in [-0.39, 0.29) is 11.6 Å². The van der Waals surface area contributed by atoms with Gasteiger partial charge in [-0.1, -0.05) is 18.2 Å². The molecule has 2 rings (SSSR count). The van der Waals surface area contributed by atoms with E-state index in [0.29, 0.717) is 24.3 Å². The summed E-state index contributed by atoms with van der Waals surface area (Å²) in [6, 6.07) is 9.49. The lowest BCUT2D eigenvalue weighted by Crippen LogP contribution is -2.28. The van der Waals surface area contributed by atoms with E-state index in [2.05, 4.69) is 11.1 Å². The van der Waals surface area contributed by atoms with Crippen molar-refractivity contribution in [1.29, 1.82) is 5.26 Å². The van der Waals surface area contributed by atoms with Gasteiger partial charge in [0.2, 0.25) is 0 Å². The van der Waals surface area contributed by atoms with Crippen molar-refractivity contribution in [3.8, 4) is 6.07 Å². The Morgan fingerprint density at radius 2 is 2.19 bits per heavy atom. The van der Waals surface area contributed by atoms with Crippen molar-refractivity contribution in [3.05, 3.63) is 40.6 Å². The fourth-order valence-corrected chi connectivity index (χ4v) is 2.33. The molecule has 1 unspecified atom stereocenters. The molecule has 108 valence electrons. The minimum Gasteiger partial charge on any atom is -0.364 e. The number of rotatable bonds is 5. The summed E-state index contributed by atoms with van der Waals surface area (Å²) in [5.41, 5.74) is 1.22. The first-order valence-corrected chi connectivity index (χ1v) is 6.75. The number of hydrogen-bond donors (Lipinski definition) is 0. The van der Waals surface area contributed by atoms with Crippen LogP contribution in [0.4, 0.5) is 11.4 Å². The summed E-state index contributed by atoms with van der Waals surface area (Å²) in [5, 5.41) is 21.0. The fraction of sp³-hybridized carbons (Fsp3) is 0.333. The van der Waals surface area contributed by atoms with E-state index in [1.165, 1.54) is 6.20 Å². The average Bonchev–Trinajstić information content (AvgIpc) is 2.51. The number of aromatic nitrogens is 1. The number of hydrogen-bond acceptors (Lipinski definition) is 5. The molecule has 0 aliphatic carbocycles. The molecule has 0 bridgehead atoms. The largest absolute Gasteiger partial charge is 0.364 e. The molecule has 21 heavy (non-hydrogen) atoms. The molecule has 0 amide bonds. The molecule has 1 aromatic carbocycles. The highest BCUT2D eigenvalue weighted by atomic mass is 16.6. The molecule has 1 heterocycles. The number of fused-ring (bicyclic) bond motifs is 1. The molecule has 0 saturated heterocycles. The van der Waals surface area contributed by atoms with E-state index >= 15 is 0 Å². The third kappa shape index (κ3) is 2.92. The van der Waals surface area contributed by atoms with Gasteiger partial charge in [-0.3, -0.25) is 10.1 Å². The number of pyridine rings is 1. The van der Waals surface area contributed by atoms with Crippen molar-refractivity contribution in [3.63, 3.8) is 0 Å². The van der Waals surface area contributed by atoms with Gasteiger partial charge in [0.1, 0.15) is 11.9 Å². The normalized spacial score (nSPS) is 11.9. The Balaban J connectivity index is 2.65. The van der Waals surface area contributed by atoms with Gasteiger partial charge < -0.3 is 4.90 Å². The van der Waals surface area contributed by atoms with E-state index in [9.17, 15) is 10.1 Å². The summed E-state index contributed by atoms with van der Waals surface area (Å²) in [4.78, 5) is 16.9. The van der Waals surface area contributed by atoms with Crippen LogP contribution in [0.1, 0.15) is 13.8 Å². The van der Waals surface area contributed by atoms with Crippen LogP contribution in [-0.2, 0) is 0 Å². The van der Waals surface area contributed by atoms with Crippen molar-refractivity contribution < 1.29 is 4.92 Å². The van der Waals surface area contributed by atoms with Gasteiger partial charge in [-0.05, 0) is 19.9 Å². The van der Waals surface area contributed by atoms with E-state index in [1.54, 1.807) is 6.92 Å². The van der Waals surface area contributed by atoms with E-state index in [1.807, 2.05) is 36.1 Å². The number of nitro groups is 1. The van der Waals surface area contributed by atoms with Crippen molar-refractivity contribution in [2.24, 2.45) is 5.92 Å². The maximum absolute atomic E-state index is 11.3. The van der Waals surface area contributed by atoms with Crippen LogP contribution >= 0.6 is 0 Å². The molecule has 0 aliphatic rings. The number of anilines is 1. The highest BCUT2D eigenvalue weighted by molar-refractivity contribution is 5.96. The van der Waals surface area contributed by atoms with E-state index < -0.39 is 4.92 Å². The van der Waals surface area contributed by atoms with Gasteiger partial charge >= 0.3 is 5.69 Å². The number of para-hydroxylation sites is 1. The van der Waals surface area contributed by atoms with E-state index in [0.717, 1.165) is 5.39 Å². The van der Waals surface area contributed by atoms with Crippen LogP contribution in [-0.4, -0.2) is 23.0 Å². The summed E-state index contributed by atoms with van der Waals surface area (Å²) in [6.45, 7) is 4.75. The van der Waals surface area contributed by atoms with Crippen LogP contribution in [0.5, 0.6) is 0 Å². The minimum atomic E-state index is -0.422. The topological polar surface area (TPSA) is 83.1 Å². The average molecular weight is 284 g/mol. The monoisotopic (exact) mass is 284 g/mol. The highest BCUT2D eigenvalue weighted by Crippen LogP contribution is 2.35. The standard InChI is InChI=1S/C15H16N4O2/c1-3-18(10-11(2)8-16)15-12-6-4-5-7-13(12)17-9-14(15)19(20)21/h4-7,9,11H,3,10H2,1-2H3. The summed E-state index contributed by atoms with van der Waals surface area (Å²) < 4.78 is 0. The Labute approximate surface area is 122 Å². The predicted molar refractivity (Wildman–Crippen MR) is 81.1 cm³/mol. The zero-order chi connectivity index (χ0) is 15.4. The summed E-state index contributed by atoms with van der Waals surface area (Å²) >= 11 is 0. The molecule has 0 spiro atoms. The van der Waals surface area contributed by atoms with Crippen molar-refractivity contribution in [1.82, 2.24) is 4.98 Å². The second-order valence-electron chi connectivity index (χ2n) is 4.84. The Morgan fingerprint density at radius 3 is 2.81 bits per heavy atom. The van der Waals surface area contributed by atoms with Crippen LogP contribution in [0.25, 0.3) is 10.9 Å². The quantitative estimate of drug-likeness (QED) is 0.622. The fourth-order valence-electron chi connectivity index (χ4n) is 2.33. The van der Waals surface area contributed by atoms with Gasteiger partial charge in [-0.25, -0.2) is 4.98 Å². The number of nitriles is 1. The first-order chi connectivity index (χ1) is 10.1. The number of benzene rings is 1. The van der Waals surface area contributed by atoms with Gasteiger partial charge in [-0.15, -0.1) is 0 Å². The van der Waals surface area contributed by atoms with Crippen molar-refractivity contribution in [2.75, 3.05) is 18.0 Å². The Bertz CT molecular complexity index is 708. The molecule has 6 nitrogen and oxygen atoms in total. The van der Waals surface area contributed by atoms with Gasteiger partial charge in [-0.2, -0.15) is 5.26 Å². The molecule has 0 saturated carbocycles. The van der Waals surface area contributed by atoms with Gasteiger partial charge in [0.15, 0.2) is 0 Å². The SMILES string of the molecule is CCN(CC(C)C#N)c1c([N+](=O)[O-])cnc2ccccc12. The van der Waals surface area contributed by atoms with Gasteiger partial charge in [0.25, 0.3) is 0 Å². The third-order valence-corrected chi connectivity index (χ3v) is 3.34. The lowest BCUT2D eigenvalue weighted by atomic mass is 10.1. The molecule has 1 aromatic heterocycles.